The number of nitrogens with two attached hydrogens (primary N) is 1. The van der Waals surface area contributed by atoms with Crippen molar-refractivity contribution in [1.29, 1.82) is 0 Å². The summed E-state index contributed by atoms with van der Waals surface area (Å²) in [6, 6.07) is 0. The molecule has 1 rings (SSSR count). The van der Waals surface area contributed by atoms with Crippen LogP contribution in [0.15, 0.2) is 0 Å². The van der Waals surface area contributed by atoms with Gasteiger partial charge < -0.3 is 25.8 Å². The SMILES string of the molecule is N[C@@H]1OC[C@H](O)[C@@H](O)[C@H]1O. The minimum absolute atomic E-state index is 0.0284. The molecule has 10 heavy (non-hydrogen) atoms. The third-order valence-corrected chi connectivity index (χ3v) is 1.54. The average Bonchev–Trinajstić information content (AvgIpc) is 1.93. The molecule has 0 aromatic carbocycles. The van der Waals surface area contributed by atoms with E-state index in [1.165, 1.54) is 0 Å². The third kappa shape index (κ3) is 1.28. The zero-order chi connectivity index (χ0) is 7.72. The molecule has 5 N–H and O–H groups in total. The maximum Gasteiger partial charge on any atom is 0.134 e. The highest BCUT2D eigenvalue weighted by atomic mass is 16.5. The molecule has 0 bridgehead atoms. The molecule has 0 radical (unpaired) electrons. The highest BCUT2D eigenvalue weighted by molar-refractivity contribution is 4.83. The summed E-state index contributed by atoms with van der Waals surface area (Å²) in [6.07, 6.45) is -4.30. The molecule has 5 heteroatoms. The van der Waals surface area contributed by atoms with Gasteiger partial charge in [-0.15, -0.1) is 0 Å². The first kappa shape index (κ1) is 7.90. The number of aliphatic hydroxyl groups excluding tert-OH is 3. The largest absolute Gasteiger partial charge is 0.388 e. The zero-order valence-electron chi connectivity index (χ0n) is 5.34. The summed E-state index contributed by atoms with van der Waals surface area (Å²) in [6.45, 7) is -0.0284. The van der Waals surface area contributed by atoms with Gasteiger partial charge in [0, 0.05) is 0 Å². The van der Waals surface area contributed by atoms with Gasteiger partial charge in [0.1, 0.15) is 24.5 Å². The smallest absolute Gasteiger partial charge is 0.134 e. The predicted molar refractivity (Wildman–Crippen MR) is 31.9 cm³/mol. The lowest BCUT2D eigenvalue weighted by atomic mass is 10.1. The molecular formula is C5H11NO4. The van der Waals surface area contributed by atoms with E-state index >= 15 is 0 Å². The highest BCUT2D eigenvalue weighted by Crippen LogP contribution is 2.11. The van der Waals surface area contributed by atoms with Crippen LogP contribution in [-0.4, -0.2) is 46.5 Å². The van der Waals surface area contributed by atoms with Crippen molar-refractivity contribution in [2.75, 3.05) is 6.61 Å². The van der Waals surface area contributed by atoms with Gasteiger partial charge in [0.15, 0.2) is 0 Å². The quantitative estimate of drug-likeness (QED) is 0.302. The van der Waals surface area contributed by atoms with Crippen LogP contribution < -0.4 is 5.73 Å². The summed E-state index contributed by atoms with van der Waals surface area (Å²) >= 11 is 0. The molecule has 0 saturated carbocycles. The predicted octanol–water partition coefficient (Wildman–Crippen LogP) is -2.62. The van der Waals surface area contributed by atoms with Crippen molar-refractivity contribution < 1.29 is 20.1 Å². The average molecular weight is 149 g/mol. The number of hydrogen-bond donors (Lipinski definition) is 4. The second-order valence-electron chi connectivity index (χ2n) is 2.35. The molecule has 0 aromatic rings. The standard InChI is InChI=1S/C5H11NO4/c6-5-4(9)3(8)2(7)1-10-5/h2-5,7-9H,1,6H2/t2-,3+,4+,5+/m0/s1. The molecule has 1 saturated heterocycles. The lowest BCUT2D eigenvalue weighted by Gasteiger charge is -2.32. The number of aliphatic hydroxyl groups is 3. The van der Waals surface area contributed by atoms with E-state index in [9.17, 15) is 0 Å². The molecule has 5 nitrogen and oxygen atoms in total. The van der Waals surface area contributed by atoms with Crippen LogP contribution in [0.4, 0.5) is 0 Å². The van der Waals surface area contributed by atoms with E-state index in [0.717, 1.165) is 0 Å². The van der Waals surface area contributed by atoms with Crippen LogP contribution in [0.2, 0.25) is 0 Å². The van der Waals surface area contributed by atoms with E-state index in [2.05, 4.69) is 0 Å². The molecular weight excluding hydrogens is 138 g/mol. The van der Waals surface area contributed by atoms with Crippen LogP contribution in [-0.2, 0) is 4.74 Å². The topological polar surface area (TPSA) is 95.9 Å². The van der Waals surface area contributed by atoms with Crippen molar-refractivity contribution >= 4 is 0 Å². The summed E-state index contributed by atoms with van der Waals surface area (Å²) in [4.78, 5) is 0. The Bertz CT molecular complexity index is 106. The van der Waals surface area contributed by atoms with Gasteiger partial charge in [0.2, 0.25) is 0 Å². The Morgan fingerprint density at radius 2 is 1.80 bits per heavy atom. The second kappa shape index (κ2) is 2.81. The van der Waals surface area contributed by atoms with Gasteiger partial charge in [0.05, 0.1) is 6.61 Å². The third-order valence-electron chi connectivity index (χ3n) is 1.54. The van der Waals surface area contributed by atoms with Crippen molar-refractivity contribution in [3.05, 3.63) is 0 Å². The van der Waals surface area contributed by atoms with Gasteiger partial charge in [-0.05, 0) is 0 Å². The van der Waals surface area contributed by atoms with Crippen LogP contribution in [0.1, 0.15) is 0 Å². The maximum atomic E-state index is 8.96. The molecule has 1 aliphatic rings. The van der Waals surface area contributed by atoms with E-state index in [1.54, 1.807) is 0 Å². The molecule has 0 aromatic heterocycles. The minimum atomic E-state index is -1.19. The van der Waals surface area contributed by atoms with Crippen molar-refractivity contribution in [2.24, 2.45) is 5.73 Å². The monoisotopic (exact) mass is 149 g/mol. The van der Waals surface area contributed by atoms with Gasteiger partial charge in [-0.3, -0.25) is 0 Å². The minimum Gasteiger partial charge on any atom is -0.388 e. The highest BCUT2D eigenvalue weighted by Gasteiger charge is 2.35. The first-order valence-corrected chi connectivity index (χ1v) is 3.04. The van der Waals surface area contributed by atoms with Gasteiger partial charge in [-0.2, -0.15) is 0 Å². The Balaban J connectivity index is 2.52. The molecule has 0 unspecified atom stereocenters. The van der Waals surface area contributed by atoms with Crippen molar-refractivity contribution in [3.63, 3.8) is 0 Å². The number of hydrogen-bond acceptors (Lipinski definition) is 5. The van der Waals surface area contributed by atoms with Crippen LogP contribution in [0.25, 0.3) is 0 Å². The van der Waals surface area contributed by atoms with E-state index in [0.29, 0.717) is 0 Å². The molecule has 0 aliphatic carbocycles. The fourth-order valence-corrected chi connectivity index (χ4v) is 0.829. The van der Waals surface area contributed by atoms with E-state index in [1.807, 2.05) is 0 Å². The van der Waals surface area contributed by atoms with E-state index < -0.39 is 24.5 Å². The summed E-state index contributed by atoms with van der Waals surface area (Å²) in [7, 11) is 0. The van der Waals surface area contributed by atoms with Gasteiger partial charge in [0.25, 0.3) is 0 Å². The molecule has 0 spiro atoms. The molecule has 0 amide bonds. The Hall–Kier alpha value is -0.200. The summed E-state index contributed by atoms with van der Waals surface area (Å²) in [5.74, 6) is 0. The first-order valence-electron chi connectivity index (χ1n) is 3.04. The Kier molecular flexibility index (Phi) is 2.22. The lowest BCUT2D eigenvalue weighted by Crippen LogP contribution is -2.56. The first-order chi connectivity index (χ1) is 4.63. The van der Waals surface area contributed by atoms with Crippen LogP contribution >= 0.6 is 0 Å². The zero-order valence-corrected chi connectivity index (χ0v) is 5.34. The molecule has 4 atom stereocenters. The van der Waals surface area contributed by atoms with Gasteiger partial charge >= 0.3 is 0 Å². The summed E-state index contributed by atoms with van der Waals surface area (Å²) < 4.78 is 4.69. The van der Waals surface area contributed by atoms with E-state index in [-0.39, 0.29) is 6.61 Å². The van der Waals surface area contributed by atoms with Gasteiger partial charge in [-0.25, -0.2) is 0 Å². The van der Waals surface area contributed by atoms with Gasteiger partial charge in [-0.1, -0.05) is 0 Å². The van der Waals surface area contributed by atoms with Crippen LogP contribution in [0.5, 0.6) is 0 Å². The van der Waals surface area contributed by atoms with Crippen LogP contribution in [0, 0.1) is 0 Å². The Morgan fingerprint density at radius 1 is 1.20 bits per heavy atom. The van der Waals surface area contributed by atoms with Crippen LogP contribution in [0.3, 0.4) is 0 Å². The maximum absolute atomic E-state index is 8.96. The molecule has 1 aliphatic heterocycles. The summed E-state index contributed by atoms with van der Waals surface area (Å²) in [5, 5.41) is 26.8. The summed E-state index contributed by atoms with van der Waals surface area (Å²) in [5.41, 5.74) is 5.19. The second-order valence-corrected chi connectivity index (χ2v) is 2.35. The Labute approximate surface area is 58.0 Å². The number of ether oxygens (including phenoxy) is 1. The van der Waals surface area contributed by atoms with Crippen molar-refractivity contribution in [2.45, 2.75) is 24.5 Å². The fourth-order valence-electron chi connectivity index (χ4n) is 0.829. The molecule has 60 valence electrons. The lowest BCUT2D eigenvalue weighted by molar-refractivity contribution is -0.184. The molecule has 1 heterocycles. The van der Waals surface area contributed by atoms with Crippen molar-refractivity contribution in [1.82, 2.24) is 0 Å². The molecule has 1 fully saturated rings. The van der Waals surface area contributed by atoms with E-state index in [4.69, 9.17) is 25.8 Å². The number of rotatable bonds is 0. The normalized spacial score (nSPS) is 49.2. The Morgan fingerprint density at radius 3 is 2.30 bits per heavy atom. The van der Waals surface area contributed by atoms with Crippen molar-refractivity contribution in [3.8, 4) is 0 Å². The fraction of sp³-hybridized carbons (Fsp3) is 1.00.